The van der Waals surface area contributed by atoms with Crippen molar-refractivity contribution in [1.29, 1.82) is 0 Å². The summed E-state index contributed by atoms with van der Waals surface area (Å²) in [6.45, 7) is 11.2. The number of anilines is 1. The first kappa shape index (κ1) is 22.5. The highest BCUT2D eigenvalue weighted by molar-refractivity contribution is 7.98. The van der Waals surface area contributed by atoms with Gasteiger partial charge in [0.05, 0.1) is 30.6 Å². The molecule has 0 unspecified atom stereocenters. The summed E-state index contributed by atoms with van der Waals surface area (Å²) in [7, 11) is 3.48. The zero-order valence-electron chi connectivity index (χ0n) is 19.2. The van der Waals surface area contributed by atoms with Gasteiger partial charge in [-0.3, -0.25) is 0 Å². The Morgan fingerprint density at radius 2 is 1.93 bits per heavy atom. The summed E-state index contributed by atoms with van der Waals surface area (Å²) in [6.07, 6.45) is 2.09. The fourth-order valence-corrected chi connectivity index (χ4v) is 4.60. The van der Waals surface area contributed by atoms with Crippen LogP contribution in [0.5, 0.6) is 5.75 Å². The number of aryl methyl sites for hydroxylation is 2. The van der Waals surface area contributed by atoms with E-state index in [-0.39, 0.29) is 0 Å². The Morgan fingerprint density at radius 3 is 2.57 bits per heavy atom. The lowest BCUT2D eigenvalue weighted by Gasteiger charge is -2.26. The lowest BCUT2D eigenvalue weighted by atomic mass is 10.0. The maximum atomic E-state index is 5.75. The summed E-state index contributed by atoms with van der Waals surface area (Å²) in [4.78, 5) is 2.41. The Labute approximate surface area is 184 Å². The molecule has 1 aromatic carbocycles. The first-order valence-electron chi connectivity index (χ1n) is 10.4. The van der Waals surface area contributed by atoms with E-state index in [4.69, 9.17) is 14.6 Å². The molecule has 2 aromatic heterocycles. The highest BCUT2D eigenvalue weighted by Gasteiger charge is 2.22. The van der Waals surface area contributed by atoms with E-state index in [1.807, 2.05) is 0 Å². The van der Waals surface area contributed by atoms with Crippen molar-refractivity contribution in [1.82, 2.24) is 9.61 Å². The minimum absolute atomic E-state index is 0.536. The van der Waals surface area contributed by atoms with Crippen LogP contribution in [0, 0.1) is 19.8 Å². The predicted octanol–water partition coefficient (Wildman–Crippen LogP) is 5.46. The number of aromatic nitrogens is 2. The number of hydrogen-bond donors (Lipinski definition) is 0. The molecule has 6 heteroatoms. The van der Waals surface area contributed by atoms with Crippen LogP contribution in [0.1, 0.15) is 25.0 Å². The molecule has 3 rings (SSSR count). The van der Waals surface area contributed by atoms with Crippen LogP contribution in [-0.4, -0.2) is 49.8 Å². The van der Waals surface area contributed by atoms with Gasteiger partial charge in [0, 0.05) is 25.8 Å². The Kier molecular flexibility index (Phi) is 7.32. The van der Waals surface area contributed by atoms with Gasteiger partial charge in [-0.15, -0.1) is 11.8 Å². The molecule has 0 bridgehead atoms. The largest absolute Gasteiger partial charge is 0.496 e. The fraction of sp³-hybridized carbons (Fsp3) is 0.458. The third-order valence-corrected chi connectivity index (χ3v) is 5.84. The maximum Gasteiger partial charge on any atom is 0.142 e. The lowest BCUT2D eigenvalue weighted by Crippen LogP contribution is -2.31. The Bertz CT molecular complexity index is 1010. The van der Waals surface area contributed by atoms with Crippen molar-refractivity contribution in [3.63, 3.8) is 0 Å². The molecule has 0 spiro atoms. The van der Waals surface area contributed by atoms with Crippen molar-refractivity contribution in [2.45, 2.75) is 32.7 Å². The van der Waals surface area contributed by atoms with Crippen LogP contribution >= 0.6 is 11.8 Å². The molecule has 5 nitrogen and oxygen atoms in total. The Morgan fingerprint density at radius 1 is 1.17 bits per heavy atom. The molecule has 0 saturated heterocycles. The van der Waals surface area contributed by atoms with Crippen LogP contribution < -0.4 is 9.64 Å². The highest BCUT2D eigenvalue weighted by atomic mass is 32.2. The van der Waals surface area contributed by atoms with Gasteiger partial charge in [0.1, 0.15) is 10.8 Å². The Hall–Kier alpha value is -2.18. The van der Waals surface area contributed by atoms with Gasteiger partial charge < -0.3 is 14.4 Å². The van der Waals surface area contributed by atoms with E-state index in [1.165, 1.54) is 16.8 Å². The van der Waals surface area contributed by atoms with Crippen LogP contribution in [0.15, 0.2) is 35.4 Å². The molecular weight excluding hydrogens is 394 g/mol. The number of benzene rings is 1. The molecule has 30 heavy (non-hydrogen) atoms. The van der Waals surface area contributed by atoms with Gasteiger partial charge in [0.25, 0.3) is 0 Å². The van der Waals surface area contributed by atoms with Gasteiger partial charge in [0.2, 0.25) is 0 Å². The van der Waals surface area contributed by atoms with E-state index >= 15 is 0 Å². The van der Waals surface area contributed by atoms with Crippen molar-refractivity contribution in [3.05, 3.63) is 41.5 Å². The number of fused-ring (bicyclic) bond motifs is 1. The summed E-state index contributed by atoms with van der Waals surface area (Å²) in [5.74, 6) is 1.41. The van der Waals surface area contributed by atoms with Gasteiger partial charge in [-0.1, -0.05) is 26.0 Å². The molecule has 0 radical (unpaired) electrons. The van der Waals surface area contributed by atoms with Crippen molar-refractivity contribution in [2.24, 2.45) is 5.92 Å². The van der Waals surface area contributed by atoms with Crippen molar-refractivity contribution < 1.29 is 9.47 Å². The van der Waals surface area contributed by atoms with E-state index in [0.717, 1.165) is 40.6 Å². The standard InChI is InChI=1S/C24H33N3O2S/c1-16(2)15-26(11-12-28-5)23-20-10-8-9-19(27(20)25-24(23)30-7)22-18(4)13-17(3)14-21(22)29-6/h8-10,13-14,16H,11-12,15H2,1-7H3. The second-order valence-corrected chi connectivity index (χ2v) is 8.85. The molecular formula is C24H33N3O2S. The average Bonchev–Trinajstić information content (AvgIpc) is 3.09. The normalized spacial score (nSPS) is 11.5. The number of pyridine rings is 1. The van der Waals surface area contributed by atoms with Gasteiger partial charge in [0.15, 0.2) is 0 Å². The quantitative estimate of drug-likeness (QED) is 0.424. The number of thioether (sulfide) groups is 1. The van der Waals surface area contributed by atoms with E-state index < -0.39 is 0 Å². The van der Waals surface area contributed by atoms with Crippen LogP contribution in [0.3, 0.4) is 0 Å². The van der Waals surface area contributed by atoms with Gasteiger partial charge in [-0.25, -0.2) is 4.52 Å². The zero-order chi connectivity index (χ0) is 21.8. The molecule has 0 N–H and O–H groups in total. The molecule has 2 heterocycles. The number of nitrogens with zero attached hydrogens (tertiary/aromatic N) is 3. The van der Waals surface area contributed by atoms with E-state index in [9.17, 15) is 0 Å². The monoisotopic (exact) mass is 427 g/mol. The number of ether oxygens (including phenoxy) is 2. The first-order chi connectivity index (χ1) is 14.4. The molecule has 162 valence electrons. The molecule has 0 fully saturated rings. The smallest absolute Gasteiger partial charge is 0.142 e. The van der Waals surface area contributed by atoms with Crippen molar-refractivity contribution >= 4 is 23.0 Å². The zero-order valence-corrected chi connectivity index (χ0v) is 20.0. The SMILES string of the molecule is COCCN(CC(C)C)c1c(SC)nn2c(-c3c(C)cc(C)cc3OC)cccc12. The van der Waals surface area contributed by atoms with Crippen LogP contribution in [-0.2, 0) is 4.74 Å². The molecule has 0 aliphatic carbocycles. The minimum atomic E-state index is 0.536. The summed E-state index contributed by atoms with van der Waals surface area (Å²) >= 11 is 1.68. The molecule has 3 aromatic rings. The molecule has 0 aliphatic rings. The topological polar surface area (TPSA) is 39.0 Å². The molecule has 0 aliphatic heterocycles. The minimum Gasteiger partial charge on any atom is -0.496 e. The fourth-order valence-electron chi connectivity index (χ4n) is 4.01. The number of methoxy groups -OCH3 is 2. The summed E-state index contributed by atoms with van der Waals surface area (Å²) < 4.78 is 13.2. The van der Waals surface area contributed by atoms with Crippen LogP contribution in [0.25, 0.3) is 16.8 Å². The Balaban J connectivity index is 2.25. The van der Waals surface area contributed by atoms with E-state index in [0.29, 0.717) is 12.5 Å². The molecule has 0 amide bonds. The number of hydrogen-bond acceptors (Lipinski definition) is 5. The van der Waals surface area contributed by atoms with Crippen molar-refractivity contribution in [3.8, 4) is 17.0 Å². The van der Waals surface area contributed by atoms with E-state index in [2.05, 4.69) is 73.7 Å². The summed E-state index contributed by atoms with van der Waals surface area (Å²) in [6, 6.07) is 10.7. The maximum absolute atomic E-state index is 5.75. The molecule has 0 saturated carbocycles. The van der Waals surface area contributed by atoms with Crippen molar-refractivity contribution in [2.75, 3.05) is 45.1 Å². The second kappa shape index (κ2) is 9.75. The van der Waals surface area contributed by atoms with Gasteiger partial charge in [-0.2, -0.15) is 5.10 Å². The van der Waals surface area contributed by atoms with Crippen LogP contribution in [0.4, 0.5) is 5.69 Å². The third kappa shape index (κ3) is 4.44. The third-order valence-electron chi connectivity index (χ3n) is 5.18. The van der Waals surface area contributed by atoms with Crippen LogP contribution in [0.2, 0.25) is 0 Å². The van der Waals surface area contributed by atoms with Gasteiger partial charge in [-0.05, 0) is 55.3 Å². The predicted molar refractivity (Wildman–Crippen MR) is 127 cm³/mol. The first-order valence-corrected chi connectivity index (χ1v) is 11.6. The number of rotatable bonds is 9. The lowest BCUT2D eigenvalue weighted by molar-refractivity contribution is 0.204. The second-order valence-electron chi connectivity index (χ2n) is 8.06. The van der Waals surface area contributed by atoms with E-state index in [1.54, 1.807) is 26.0 Å². The molecule has 0 atom stereocenters. The summed E-state index contributed by atoms with van der Waals surface area (Å²) in [5, 5.41) is 6.05. The van der Waals surface area contributed by atoms with Gasteiger partial charge >= 0.3 is 0 Å². The average molecular weight is 428 g/mol. The highest BCUT2D eigenvalue weighted by Crippen LogP contribution is 2.39. The summed E-state index contributed by atoms with van der Waals surface area (Å²) in [5.41, 5.74) is 6.78.